The second-order valence-electron chi connectivity index (χ2n) is 3.96. The number of hydrogen-bond acceptors (Lipinski definition) is 0. The van der Waals surface area contributed by atoms with Crippen LogP contribution < -0.4 is 0 Å². The highest BCUT2D eigenvalue weighted by Gasteiger charge is 2.14. The summed E-state index contributed by atoms with van der Waals surface area (Å²) in [6, 6.07) is 0. The molecule has 0 N–H and O–H groups in total. The molecule has 0 atom stereocenters. The summed E-state index contributed by atoms with van der Waals surface area (Å²) in [5.41, 5.74) is 5.46. The summed E-state index contributed by atoms with van der Waals surface area (Å²) in [6.45, 7) is 7.74. The molecular formula is C15H16. The molecule has 0 nitrogen and oxygen atoms in total. The number of rotatable bonds is 3. The van der Waals surface area contributed by atoms with E-state index in [1.807, 2.05) is 12.2 Å². The van der Waals surface area contributed by atoms with Gasteiger partial charge in [0.1, 0.15) is 0 Å². The first-order chi connectivity index (χ1) is 7.31. The third-order valence-electron chi connectivity index (χ3n) is 2.94. The minimum absolute atomic E-state index is 1.11. The van der Waals surface area contributed by atoms with Crippen LogP contribution in [0.1, 0.15) is 19.3 Å². The Morgan fingerprint density at radius 3 is 3.00 bits per heavy atom. The van der Waals surface area contributed by atoms with Gasteiger partial charge in [-0.25, -0.2) is 0 Å². The van der Waals surface area contributed by atoms with Gasteiger partial charge >= 0.3 is 0 Å². The average Bonchev–Trinajstić information content (AvgIpc) is 2.72. The van der Waals surface area contributed by atoms with E-state index in [-0.39, 0.29) is 0 Å². The first-order valence-electron chi connectivity index (χ1n) is 5.39. The SMILES string of the molecule is C=C/C=C\C(=C)C1=CC2=C(CC=C2)CC1. The molecule has 15 heavy (non-hydrogen) atoms. The summed E-state index contributed by atoms with van der Waals surface area (Å²) >= 11 is 0. The van der Waals surface area contributed by atoms with Crippen molar-refractivity contribution in [1.29, 1.82) is 0 Å². The van der Waals surface area contributed by atoms with Crippen molar-refractivity contribution in [2.75, 3.05) is 0 Å². The van der Waals surface area contributed by atoms with E-state index < -0.39 is 0 Å². The van der Waals surface area contributed by atoms with Crippen molar-refractivity contribution in [3.05, 3.63) is 71.9 Å². The van der Waals surface area contributed by atoms with E-state index in [1.54, 1.807) is 11.6 Å². The molecular weight excluding hydrogens is 180 g/mol. The maximum Gasteiger partial charge on any atom is -0.0126 e. The molecule has 0 aromatic heterocycles. The maximum absolute atomic E-state index is 4.08. The van der Waals surface area contributed by atoms with E-state index in [0.717, 1.165) is 18.4 Å². The second-order valence-corrected chi connectivity index (χ2v) is 3.96. The lowest BCUT2D eigenvalue weighted by Crippen LogP contribution is -1.96. The highest BCUT2D eigenvalue weighted by molar-refractivity contribution is 5.52. The van der Waals surface area contributed by atoms with E-state index in [1.165, 1.54) is 17.6 Å². The zero-order chi connectivity index (χ0) is 10.7. The third kappa shape index (κ3) is 2.10. The van der Waals surface area contributed by atoms with Gasteiger partial charge in [0.15, 0.2) is 0 Å². The molecule has 0 heteroatoms. The monoisotopic (exact) mass is 196 g/mol. The van der Waals surface area contributed by atoms with Crippen molar-refractivity contribution in [1.82, 2.24) is 0 Å². The minimum atomic E-state index is 1.11. The Morgan fingerprint density at radius 2 is 2.20 bits per heavy atom. The molecule has 0 radical (unpaired) electrons. The molecule has 76 valence electrons. The fourth-order valence-electron chi connectivity index (χ4n) is 2.05. The molecule has 0 aromatic rings. The standard InChI is InChI=1S/C15H16/c1-3-4-6-12(2)14-10-9-13-7-5-8-15(13)11-14/h3-6,8,11H,1-2,7,9-10H2/b6-4-. The van der Waals surface area contributed by atoms with E-state index in [4.69, 9.17) is 0 Å². The summed E-state index contributed by atoms with van der Waals surface area (Å²) in [5.74, 6) is 0. The van der Waals surface area contributed by atoms with Crippen LogP contribution in [0.25, 0.3) is 0 Å². The Hall–Kier alpha value is -1.56. The van der Waals surface area contributed by atoms with Gasteiger partial charge in [-0.2, -0.15) is 0 Å². The van der Waals surface area contributed by atoms with Crippen LogP contribution in [0.3, 0.4) is 0 Å². The summed E-state index contributed by atoms with van der Waals surface area (Å²) < 4.78 is 0. The normalized spacial score (nSPS) is 19.3. The lowest BCUT2D eigenvalue weighted by Gasteiger charge is -2.15. The van der Waals surface area contributed by atoms with Crippen molar-refractivity contribution in [3.8, 4) is 0 Å². The van der Waals surface area contributed by atoms with Gasteiger partial charge < -0.3 is 0 Å². The van der Waals surface area contributed by atoms with Gasteiger partial charge in [0, 0.05) is 0 Å². The fourth-order valence-corrected chi connectivity index (χ4v) is 2.05. The summed E-state index contributed by atoms with van der Waals surface area (Å²) in [7, 11) is 0. The van der Waals surface area contributed by atoms with Crippen molar-refractivity contribution < 1.29 is 0 Å². The summed E-state index contributed by atoms with van der Waals surface area (Å²) in [6.07, 6.45) is 16.0. The van der Waals surface area contributed by atoms with Gasteiger partial charge in [-0.05, 0) is 36.0 Å². The molecule has 2 rings (SSSR count). The molecule has 0 spiro atoms. The van der Waals surface area contributed by atoms with Crippen LogP contribution in [0.2, 0.25) is 0 Å². The smallest absolute Gasteiger partial charge is 0.0126 e. The van der Waals surface area contributed by atoms with Crippen LogP contribution >= 0.6 is 0 Å². The first-order valence-corrected chi connectivity index (χ1v) is 5.39. The van der Waals surface area contributed by atoms with E-state index >= 15 is 0 Å². The van der Waals surface area contributed by atoms with Crippen LogP contribution in [-0.2, 0) is 0 Å². The average molecular weight is 196 g/mol. The summed E-state index contributed by atoms with van der Waals surface area (Å²) in [5, 5.41) is 0. The molecule has 0 bridgehead atoms. The predicted molar refractivity (Wildman–Crippen MR) is 66.6 cm³/mol. The molecule has 2 aliphatic carbocycles. The van der Waals surface area contributed by atoms with Crippen molar-refractivity contribution in [3.63, 3.8) is 0 Å². The maximum atomic E-state index is 4.08. The van der Waals surface area contributed by atoms with Crippen LogP contribution in [0.15, 0.2) is 71.9 Å². The quantitative estimate of drug-likeness (QED) is 0.591. The minimum Gasteiger partial charge on any atom is -0.0991 e. The molecule has 0 amide bonds. The molecule has 0 saturated carbocycles. The van der Waals surface area contributed by atoms with Gasteiger partial charge in [0.25, 0.3) is 0 Å². The Labute approximate surface area is 91.7 Å². The molecule has 2 aliphatic rings. The van der Waals surface area contributed by atoms with E-state index in [9.17, 15) is 0 Å². The number of hydrogen-bond donors (Lipinski definition) is 0. The highest BCUT2D eigenvalue weighted by atomic mass is 14.2. The molecule has 0 heterocycles. The van der Waals surface area contributed by atoms with Crippen molar-refractivity contribution in [2.45, 2.75) is 19.3 Å². The largest absolute Gasteiger partial charge is 0.0991 e. The van der Waals surface area contributed by atoms with Crippen LogP contribution in [0.4, 0.5) is 0 Å². The molecule has 0 aromatic carbocycles. The number of allylic oxidation sites excluding steroid dienone is 10. The first kappa shape index (κ1) is 9.97. The fraction of sp³-hybridized carbons (Fsp3) is 0.200. The molecule has 0 aliphatic heterocycles. The van der Waals surface area contributed by atoms with Crippen LogP contribution in [0.5, 0.6) is 0 Å². The van der Waals surface area contributed by atoms with Gasteiger partial charge in [-0.3, -0.25) is 0 Å². The van der Waals surface area contributed by atoms with Crippen molar-refractivity contribution in [2.24, 2.45) is 0 Å². The Balaban J connectivity index is 2.18. The lowest BCUT2D eigenvalue weighted by atomic mass is 9.90. The van der Waals surface area contributed by atoms with Gasteiger partial charge in [0.05, 0.1) is 0 Å². The van der Waals surface area contributed by atoms with Crippen LogP contribution in [0, 0.1) is 0 Å². The van der Waals surface area contributed by atoms with Gasteiger partial charge in [-0.1, -0.05) is 55.2 Å². The highest BCUT2D eigenvalue weighted by Crippen LogP contribution is 2.33. The Bertz CT molecular complexity index is 411. The second kappa shape index (κ2) is 4.31. The molecule has 0 saturated heterocycles. The van der Waals surface area contributed by atoms with E-state index in [0.29, 0.717) is 0 Å². The van der Waals surface area contributed by atoms with Gasteiger partial charge in [-0.15, -0.1) is 0 Å². The summed E-state index contributed by atoms with van der Waals surface area (Å²) in [4.78, 5) is 0. The molecule has 0 unspecified atom stereocenters. The van der Waals surface area contributed by atoms with Gasteiger partial charge in [0.2, 0.25) is 0 Å². The predicted octanol–water partition coefficient (Wildman–Crippen LogP) is 4.26. The van der Waals surface area contributed by atoms with Crippen LogP contribution in [-0.4, -0.2) is 0 Å². The third-order valence-corrected chi connectivity index (χ3v) is 2.94. The zero-order valence-electron chi connectivity index (χ0n) is 9.00. The Kier molecular flexibility index (Phi) is 2.86. The topological polar surface area (TPSA) is 0 Å². The Morgan fingerprint density at radius 1 is 1.33 bits per heavy atom. The molecule has 0 fully saturated rings. The lowest BCUT2D eigenvalue weighted by molar-refractivity contribution is 0.891. The van der Waals surface area contributed by atoms with E-state index in [2.05, 4.69) is 31.4 Å². The van der Waals surface area contributed by atoms with Crippen molar-refractivity contribution >= 4 is 0 Å². The zero-order valence-corrected chi connectivity index (χ0v) is 9.00.